The molecule has 0 radical (unpaired) electrons. The van der Waals surface area contributed by atoms with Crippen LogP contribution in [0.1, 0.15) is 19.4 Å². The van der Waals surface area contributed by atoms with Crippen LogP contribution in [0, 0.1) is 11.3 Å². The highest BCUT2D eigenvalue weighted by Gasteiger charge is 2.24. The molecule has 0 aromatic heterocycles. The van der Waals surface area contributed by atoms with Gasteiger partial charge >= 0.3 is 0 Å². The third kappa shape index (κ3) is 2.81. The highest BCUT2D eigenvalue weighted by Crippen LogP contribution is 2.11. The van der Waals surface area contributed by atoms with E-state index in [0.29, 0.717) is 11.3 Å². The van der Waals surface area contributed by atoms with Gasteiger partial charge in [0.05, 0.1) is 17.2 Å². The minimum atomic E-state index is -0.617. The average molecular weight is 217 g/mol. The highest BCUT2D eigenvalue weighted by atomic mass is 16.2. The first kappa shape index (κ1) is 12.2. The van der Waals surface area contributed by atoms with E-state index >= 15 is 0 Å². The van der Waals surface area contributed by atoms with Crippen molar-refractivity contribution in [1.29, 1.82) is 5.26 Å². The lowest BCUT2D eigenvalue weighted by molar-refractivity contribution is -0.121. The Morgan fingerprint density at radius 2 is 1.88 bits per heavy atom. The summed E-state index contributed by atoms with van der Waals surface area (Å²) < 4.78 is 0. The summed E-state index contributed by atoms with van der Waals surface area (Å²) >= 11 is 0. The van der Waals surface area contributed by atoms with E-state index in [9.17, 15) is 4.79 Å². The first-order chi connectivity index (χ1) is 7.49. The Labute approximate surface area is 95.3 Å². The molecule has 0 saturated carbocycles. The van der Waals surface area contributed by atoms with Crippen LogP contribution in [0.2, 0.25) is 0 Å². The lowest BCUT2D eigenvalue weighted by Gasteiger charge is -2.22. The van der Waals surface area contributed by atoms with E-state index in [1.54, 1.807) is 45.2 Å². The van der Waals surface area contributed by atoms with Gasteiger partial charge in [0.1, 0.15) is 0 Å². The number of rotatable bonds is 3. The number of carbonyl (C=O) groups excluding carboxylic acids is 1. The zero-order chi connectivity index (χ0) is 12.2. The molecule has 16 heavy (non-hydrogen) atoms. The van der Waals surface area contributed by atoms with Crippen LogP contribution in [0.4, 0.5) is 5.69 Å². The average Bonchev–Trinajstić information content (AvgIpc) is 2.30. The topological polar surface area (TPSA) is 64.9 Å². The molecule has 0 aliphatic heterocycles. The van der Waals surface area contributed by atoms with Crippen LogP contribution >= 0.6 is 0 Å². The largest absolute Gasteiger partial charge is 0.325 e. The minimum absolute atomic E-state index is 0.111. The summed E-state index contributed by atoms with van der Waals surface area (Å²) in [6.07, 6.45) is 0. The maximum Gasteiger partial charge on any atom is 0.244 e. The molecular weight excluding hydrogens is 202 g/mol. The van der Waals surface area contributed by atoms with Crippen molar-refractivity contribution in [2.45, 2.75) is 19.4 Å². The second-order valence-corrected chi connectivity index (χ2v) is 4.02. The molecular formula is C12H15N3O. The van der Waals surface area contributed by atoms with Crippen molar-refractivity contribution in [3.05, 3.63) is 29.8 Å². The normalized spacial score (nSPS) is 10.6. The first-order valence-corrected chi connectivity index (χ1v) is 5.00. The van der Waals surface area contributed by atoms with Gasteiger partial charge in [-0.15, -0.1) is 0 Å². The molecule has 4 nitrogen and oxygen atoms in total. The fraction of sp³-hybridized carbons (Fsp3) is 0.333. The molecule has 0 aliphatic carbocycles. The SMILES string of the molecule is CNC(C)(C)C(=O)Nc1ccc(C#N)cc1. The standard InChI is InChI=1S/C12H15N3O/c1-12(2,14-3)11(16)15-10-6-4-9(8-13)5-7-10/h4-7,14H,1-3H3,(H,15,16). The second kappa shape index (κ2) is 4.77. The molecule has 0 fully saturated rings. The molecule has 0 aliphatic rings. The van der Waals surface area contributed by atoms with Crippen LogP contribution < -0.4 is 10.6 Å². The summed E-state index contributed by atoms with van der Waals surface area (Å²) in [7, 11) is 1.73. The molecule has 84 valence electrons. The zero-order valence-corrected chi connectivity index (χ0v) is 9.66. The summed E-state index contributed by atoms with van der Waals surface area (Å²) in [5, 5.41) is 14.3. The number of carbonyl (C=O) groups is 1. The van der Waals surface area contributed by atoms with Gasteiger partial charge in [-0.05, 0) is 45.2 Å². The van der Waals surface area contributed by atoms with Gasteiger partial charge in [0.15, 0.2) is 0 Å². The van der Waals surface area contributed by atoms with Crippen LogP contribution in [-0.2, 0) is 4.79 Å². The number of benzene rings is 1. The highest BCUT2D eigenvalue weighted by molar-refractivity contribution is 5.97. The predicted octanol–water partition coefficient (Wildman–Crippen LogP) is 1.49. The molecule has 1 rings (SSSR count). The number of anilines is 1. The number of nitrogens with one attached hydrogen (secondary N) is 2. The molecule has 4 heteroatoms. The number of amides is 1. The molecule has 0 atom stereocenters. The second-order valence-electron chi connectivity index (χ2n) is 4.02. The molecule has 0 unspecified atom stereocenters. The molecule has 1 aromatic carbocycles. The Morgan fingerprint density at radius 1 is 1.31 bits per heavy atom. The van der Waals surface area contributed by atoms with Gasteiger partial charge in [0.2, 0.25) is 5.91 Å². The van der Waals surface area contributed by atoms with Gasteiger partial charge in [-0.3, -0.25) is 4.79 Å². The van der Waals surface area contributed by atoms with Crippen LogP contribution in [-0.4, -0.2) is 18.5 Å². The van der Waals surface area contributed by atoms with Crippen molar-refractivity contribution < 1.29 is 4.79 Å². The molecule has 0 heterocycles. The molecule has 0 spiro atoms. The van der Waals surface area contributed by atoms with Gasteiger partial charge in [0, 0.05) is 5.69 Å². The van der Waals surface area contributed by atoms with E-state index in [4.69, 9.17) is 5.26 Å². The summed E-state index contributed by atoms with van der Waals surface area (Å²) in [6.45, 7) is 3.60. The maximum atomic E-state index is 11.8. The summed E-state index contributed by atoms with van der Waals surface area (Å²) in [6, 6.07) is 8.78. The van der Waals surface area contributed by atoms with E-state index in [1.807, 2.05) is 6.07 Å². The fourth-order valence-corrected chi connectivity index (χ4v) is 1.03. The van der Waals surface area contributed by atoms with Crippen LogP contribution in [0.15, 0.2) is 24.3 Å². The van der Waals surface area contributed by atoms with Crippen molar-refractivity contribution >= 4 is 11.6 Å². The van der Waals surface area contributed by atoms with E-state index in [-0.39, 0.29) is 5.91 Å². The van der Waals surface area contributed by atoms with Crippen LogP contribution in [0.25, 0.3) is 0 Å². The van der Waals surface area contributed by atoms with Crippen molar-refractivity contribution in [2.24, 2.45) is 0 Å². The summed E-state index contributed by atoms with van der Waals surface area (Å²) in [5.41, 5.74) is 0.645. The molecule has 0 bridgehead atoms. The van der Waals surface area contributed by atoms with Crippen LogP contribution in [0.3, 0.4) is 0 Å². The van der Waals surface area contributed by atoms with Gasteiger partial charge < -0.3 is 10.6 Å². The van der Waals surface area contributed by atoms with Crippen molar-refractivity contribution in [1.82, 2.24) is 5.32 Å². The minimum Gasteiger partial charge on any atom is -0.325 e. The Balaban J connectivity index is 2.75. The van der Waals surface area contributed by atoms with Crippen molar-refractivity contribution in [2.75, 3.05) is 12.4 Å². The van der Waals surface area contributed by atoms with E-state index in [2.05, 4.69) is 10.6 Å². The van der Waals surface area contributed by atoms with E-state index in [1.165, 1.54) is 0 Å². The zero-order valence-electron chi connectivity index (χ0n) is 9.66. The number of hydrogen-bond acceptors (Lipinski definition) is 3. The summed E-state index contributed by atoms with van der Waals surface area (Å²) in [5.74, 6) is -0.111. The van der Waals surface area contributed by atoms with Crippen molar-refractivity contribution in [3.63, 3.8) is 0 Å². The lowest BCUT2D eigenvalue weighted by Crippen LogP contribution is -2.47. The van der Waals surface area contributed by atoms with E-state index < -0.39 is 5.54 Å². The van der Waals surface area contributed by atoms with Crippen LogP contribution in [0.5, 0.6) is 0 Å². The first-order valence-electron chi connectivity index (χ1n) is 5.00. The molecule has 2 N–H and O–H groups in total. The molecule has 1 amide bonds. The lowest BCUT2D eigenvalue weighted by atomic mass is 10.1. The maximum absolute atomic E-state index is 11.8. The van der Waals surface area contributed by atoms with Crippen molar-refractivity contribution in [3.8, 4) is 6.07 Å². The monoisotopic (exact) mass is 217 g/mol. The molecule has 1 aromatic rings. The summed E-state index contributed by atoms with van der Waals surface area (Å²) in [4.78, 5) is 11.8. The van der Waals surface area contributed by atoms with E-state index in [0.717, 1.165) is 0 Å². The third-order valence-electron chi connectivity index (χ3n) is 2.46. The fourth-order valence-electron chi connectivity index (χ4n) is 1.03. The van der Waals surface area contributed by atoms with Gasteiger partial charge in [-0.1, -0.05) is 0 Å². The smallest absolute Gasteiger partial charge is 0.244 e. The van der Waals surface area contributed by atoms with Gasteiger partial charge in [0.25, 0.3) is 0 Å². The third-order valence-corrected chi connectivity index (χ3v) is 2.46. The van der Waals surface area contributed by atoms with Gasteiger partial charge in [-0.25, -0.2) is 0 Å². The Kier molecular flexibility index (Phi) is 3.64. The number of nitrogens with zero attached hydrogens (tertiary/aromatic N) is 1. The Morgan fingerprint density at radius 3 is 2.31 bits per heavy atom. The predicted molar refractivity (Wildman–Crippen MR) is 62.9 cm³/mol. The van der Waals surface area contributed by atoms with Gasteiger partial charge in [-0.2, -0.15) is 5.26 Å². The number of likely N-dealkylation sites (N-methyl/N-ethyl adjacent to an activating group) is 1. The Bertz CT molecular complexity index is 415. The Hall–Kier alpha value is -1.86. The quantitative estimate of drug-likeness (QED) is 0.806. The molecule has 0 saturated heterocycles. The number of hydrogen-bond donors (Lipinski definition) is 2. The number of nitriles is 1.